The molecule has 0 radical (unpaired) electrons. The first-order valence-corrected chi connectivity index (χ1v) is 8.24. The van der Waals surface area contributed by atoms with Gasteiger partial charge < -0.3 is 4.74 Å². The molecule has 5 nitrogen and oxygen atoms in total. The van der Waals surface area contributed by atoms with E-state index in [2.05, 4.69) is 0 Å². The summed E-state index contributed by atoms with van der Waals surface area (Å²) in [6.45, 7) is 0.368. The van der Waals surface area contributed by atoms with Crippen molar-refractivity contribution in [1.29, 1.82) is 0 Å². The lowest BCUT2D eigenvalue weighted by Gasteiger charge is -2.13. The van der Waals surface area contributed by atoms with Crippen molar-refractivity contribution in [2.75, 3.05) is 0 Å². The summed E-state index contributed by atoms with van der Waals surface area (Å²) in [7, 11) is 0. The second-order valence-corrected chi connectivity index (χ2v) is 6.21. The van der Waals surface area contributed by atoms with Crippen LogP contribution in [0.3, 0.4) is 0 Å². The smallest absolute Gasteiger partial charge is 0.338 e. The topological polar surface area (TPSA) is 63.7 Å². The molecule has 1 aliphatic heterocycles. The Balaban J connectivity index is 1.59. The van der Waals surface area contributed by atoms with E-state index in [1.165, 1.54) is 4.90 Å². The highest BCUT2D eigenvalue weighted by atomic mass is 35.5. The average Bonchev–Trinajstić information content (AvgIpc) is 2.92. The molecule has 0 N–H and O–H groups in total. The van der Waals surface area contributed by atoms with Gasteiger partial charge in [0.1, 0.15) is 6.61 Å². The van der Waals surface area contributed by atoms with E-state index in [0.29, 0.717) is 10.6 Å². The number of rotatable bonds is 5. The summed E-state index contributed by atoms with van der Waals surface area (Å²) >= 11 is 5.89. The van der Waals surface area contributed by atoms with Gasteiger partial charge in [-0.3, -0.25) is 14.5 Å². The molecular formula is C19H16ClNO4. The lowest BCUT2D eigenvalue weighted by atomic mass is 10.1. The lowest BCUT2D eigenvalue weighted by Crippen LogP contribution is -2.28. The highest BCUT2D eigenvalue weighted by molar-refractivity contribution is 6.30. The summed E-state index contributed by atoms with van der Waals surface area (Å²) in [5.74, 6) is -0.759. The van der Waals surface area contributed by atoms with Crippen molar-refractivity contribution in [2.24, 2.45) is 0 Å². The van der Waals surface area contributed by atoms with Gasteiger partial charge in [0.15, 0.2) is 0 Å². The van der Waals surface area contributed by atoms with Gasteiger partial charge in [-0.1, -0.05) is 35.9 Å². The highest BCUT2D eigenvalue weighted by Gasteiger charge is 2.28. The number of likely N-dealkylation sites (tertiary alicyclic amines) is 1. The van der Waals surface area contributed by atoms with Gasteiger partial charge in [0, 0.05) is 17.9 Å². The molecule has 0 aliphatic carbocycles. The number of amides is 2. The molecule has 1 fully saturated rings. The van der Waals surface area contributed by atoms with Gasteiger partial charge in [0.2, 0.25) is 11.8 Å². The van der Waals surface area contributed by atoms with E-state index >= 15 is 0 Å². The van der Waals surface area contributed by atoms with E-state index < -0.39 is 5.97 Å². The zero-order chi connectivity index (χ0) is 17.8. The molecule has 128 valence electrons. The molecule has 1 aliphatic rings. The maximum Gasteiger partial charge on any atom is 0.338 e. The maximum atomic E-state index is 12.1. The maximum absolute atomic E-state index is 12.1. The SMILES string of the molecule is O=C(OCc1cccc(Cl)c1)c1ccc(CN2C(=O)CCC2=O)cc1. The van der Waals surface area contributed by atoms with E-state index in [1.54, 1.807) is 42.5 Å². The van der Waals surface area contributed by atoms with Crippen molar-refractivity contribution >= 4 is 29.4 Å². The summed E-state index contributed by atoms with van der Waals surface area (Å²) in [5, 5.41) is 0.587. The van der Waals surface area contributed by atoms with Gasteiger partial charge in [0.05, 0.1) is 12.1 Å². The predicted molar refractivity (Wildman–Crippen MR) is 91.8 cm³/mol. The molecule has 0 bridgehead atoms. The fourth-order valence-electron chi connectivity index (χ4n) is 2.59. The molecule has 2 aromatic rings. The third-order valence-electron chi connectivity index (χ3n) is 3.94. The van der Waals surface area contributed by atoms with Crippen LogP contribution in [0, 0.1) is 0 Å². The van der Waals surface area contributed by atoms with Crippen LogP contribution in [0.2, 0.25) is 5.02 Å². The molecule has 3 rings (SSSR count). The van der Waals surface area contributed by atoms with Gasteiger partial charge in [0.25, 0.3) is 0 Å². The number of hydrogen-bond donors (Lipinski definition) is 0. The van der Waals surface area contributed by atoms with Gasteiger partial charge in [-0.05, 0) is 35.4 Å². The molecule has 0 aromatic heterocycles. The number of hydrogen-bond acceptors (Lipinski definition) is 4. The van der Waals surface area contributed by atoms with Crippen molar-refractivity contribution in [3.8, 4) is 0 Å². The first kappa shape index (κ1) is 17.2. The van der Waals surface area contributed by atoms with E-state index in [4.69, 9.17) is 16.3 Å². The van der Waals surface area contributed by atoms with Crippen LogP contribution >= 0.6 is 11.6 Å². The second-order valence-electron chi connectivity index (χ2n) is 5.78. The number of ether oxygens (including phenoxy) is 1. The lowest BCUT2D eigenvalue weighted by molar-refractivity contribution is -0.139. The van der Waals surface area contributed by atoms with Crippen molar-refractivity contribution in [3.05, 3.63) is 70.2 Å². The first-order chi connectivity index (χ1) is 12.0. The quantitative estimate of drug-likeness (QED) is 0.608. The molecule has 2 aromatic carbocycles. The summed E-state index contributed by atoms with van der Waals surface area (Å²) in [6, 6.07) is 13.8. The van der Waals surface area contributed by atoms with E-state index in [9.17, 15) is 14.4 Å². The number of esters is 1. The minimum absolute atomic E-state index is 0.137. The van der Waals surface area contributed by atoms with Crippen LogP contribution in [0.5, 0.6) is 0 Å². The Morgan fingerprint density at radius 1 is 1.00 bits per heavy atom. The minimum atomic E-state index is -0.445. The molecule has 0 unspecified atom stereocenters. The van der Waals surface area contributed by atoms with Gasteiger partial charge in [-0.25, -0.2) is 4.79 Å². The van der Waals surface area contributed by atoms with Crippen LogP contribution < -0.4 is 0 Å². The van der Waals surface area contributed by atoms with Crippen LogP contribution in [-0.2, 0) is 27.5 Å². The fraction of sp³-hybridized carbons (Fsp3) is 0.211. The standard InChI is InChI=1S/C19H16ClNO4/c20-16-3-1-2-14(10-16)12-25-19(24)15-6-4-13(5-7-15)11-21-17(22)8-9-18(21)23/h1-7,10H,8-9,11-12H2. The Morgan fingerprint density at radius 3 is 2.32 bits per heavy atom. The van der Waals surface area contributed by atoms with Gasteiger partial charge in [-0.15, -0.1) is 0 Å². The molecule has 0 saturated carbocycles. The van der Waals surface area contributed by atoms with E-state index in [0.717, 1.165) is 11.1 Å². The summed E-state index contributed by atoms with van der Waals surface area (Å²) < 4.78 is 5.26. The molecule has 0 spiro atoms. The molecular weight excluding hydrogens is 342 g/mol. The van der Waals surface area contributed by atoms with Crippen molar-refractivity contribution < 1.29 is 19.1 Å². The van der Waals surface area contributed by atoms with Crippen LogP contribution in [-0.4, -0.2) is 22.7 Å². The Labute approximate surface area is 150 Å². The molecule has 2 amide bonds. The zero-order valence-electron chi connectivity index (χ0n) is 13.4. The number of halogens is 1. The minimum Gasteiger partial charge on any atom is -0.457 e. The van der Waals surface area contributed by atoms with E-state index in [-0.39, 0.29) is 37.8 Å². The predicted octanol–water partition coefficient (Wildman–Crippen LogP) is 3.35. The number of carbonyl (C=O) groups excluding carboxylic acids is 3. The number of imide groups is 1. The molecule has 1 saturated heterocycles. The molecule has 0 atom stereocenters. The molecule has 25 heavy (non-hydrogen) atoms. The van der Waals surface area contributed by atoms with Crippen LogP contribution in [0.15, 0.2) is 48.5 Å². The Hall–Kier alpha value is -2.66. The average molecular weight is 358 g/mol. The summed E-state index contributed by atoms with van der Waals surface area (Å²) in [5.41, 5.74) is 2.00. The van der Waals surface area contributed by atoms with Crippen LogP contribution in [0.25, 0.3) is 0 Å². The summed E-state index contributed by atoms with van der Waals surface area (Å²) in [6.07, 6.45) is 0.541. The highest BCUT2D eigenvalue weighted by Crippen LogP contribution is 2.17. The van der Waals surface area contributed by atoms with Crippen molar-refractivity contribution in [1.82, 2.24) is 4.90 Å². The first-order valence-electron chi connectivity index (χ1n) is 7.86. The van der Waals surface area contributed by atoms with Crippen LogP contribution in [0.4, 0.5) is 0 Å². The fourth-order valence-corrected chi connectivity index (χ4v) is 2.80. The van der Waals surface area contributed by atoms with E-state index in [1.807, 2.05) is 6.07 Å². The third-order valence-corrected chi connectivity index (χ3v) is 4.18. The second kappa shape index (κ2) is 7.49. The van der Waals surface area contributed by atoms with Gasteiger partial charge in [-0.2, -0.15) is 0 Å². The Kier molecular flexibility index (Phi) is 5.14. The number of benzene rings is 2. The molecule has 1 heterocycles. The number of nitrogens with zero attached hydrogens (tertiary/aromatic N) is 1. The number of carbonyl (C=O) groups is 3. The zero-order valence-corrected chi connectivity index (χ0v) is 14.2. The van der Waals surface area contributed by atoms with Gasteiger partial charge >= 0.3 is 5.97 Å². The van der Waals surface area contributed by atoms with Crippen molar-refractivity contribution in [3.63, 3.8) is 0 Å². The van der Waals surface area contributed by atoms with Crippen LogP contribution in [0.1, 0.15) is 34.3 Å². The third kappa shape index (κ3) is 4.25. The Morgan fingerprint density at radius 2 is 1.68 bits per heavy atom. The monoisotopic (exact) mass is 357 g/mol. The normalized spacial score (nSPS) is 14.0. The summed E-state index contributed by atoms with van der Waals surface area (Å²) in [4.78, 5) is 36.6. The largest absolute Gasteiger partial charge is 0.457 e. The molecule has 6 heteroatoms. The Bertz CT molecular complexity index is 800. The van der Waals surface area contributed by atoms with Crippen molar-refractivity contribution in [2.45, 2.75) is 26.0 Å².